The van der Waals surface area contributed by atoms with Crippen molar-refractivity contribution in [2.24, 2.45) is 0 Å². The second-order valence-electron chi connectivity index (χ2n) is 6.30. The monoisotopic (exact) mass is 391 g/mol. The van der Waals surface area contributed by atoms with E-state index in [2.05, 4.69) is 0 Å². The molecule has 0 radical (unpaired) electrons. The molecule has 1 N–H and O–H groups in total. The van der Waals surface area contributed by atoms with Crippen LogP contribution >= 0.6 is 0 Å². The molecule has 3 rings (SSSR count). The van der Waals surface area contributed by atoms with Gasteiger partial charge in [-0.2, -0.15) is 0 Å². The van der Waals surface area contributed by atoms with Crippen LogP contribution in [0.1, 0.15) is 13.3 Å². The van der Waals surface area contributed by atoms with E-state index in [9.17, 15) is 23.6 Å². The molecule has 2 aromatic rings. The average molecular weight is 391 g/mol. The van der Waals surface area contributed by atoms with E-state index in [1.54, 1.807) is 42.2 Å². The summed E-state index contributed by atoms with van der Waals surface area (Å²) in [7, 11) is -3.95. The Hall–Kier alpha value is -2.65. The van der Waals surface area contributed by atoms with Crippen LogP contribution in [-0.4, -0.2) is 44.2 Å². The van der Waals surface area contributed by atoms with E-state index in [0.29, 0.717) is 24.3 Å². The van der Waals surface area contributed by atoms with Gasteiger partial charge in [-0.05, 0) is 37.6 Å². The molecule has 0 bridgehead atoms. The lowest BCUT2D eigenvalue weighted by molar-refractivity contribution is -0.384. The number of hydrogen-bond acceptors (Lipinski definition) is 6. The van der Waals surface area contributed by atoms with Crippen LogP contribution in [0.3, 0.4) is 0 Å². The summed E-state index contributed by atoms with van der Waals surface area (Å²) in [5.74, 6) is 0. The number of rotatable bonds is 6. The van der Waals surface area contributed by atoms with Crippen LogP contribution in [0.2, 0.25) is 0 Å². The minimum absolute atomic E-state index is 0.136. The highest BCUT2D eigenvalue weighted by Crippen LogP contribution is 2.34. The molecule has 1 saturated heterocycles. The molecule has 0 aliphatic carbocycles. The van der Waals surface area contributed by atoms with E-state index in [0.717, 1.165) is 6.07 Å². The Bertz CT molecular complexity index is 933. The molecule has 0 unspecified atom stereocenters. The van der Waals surface area contributed by atoms with E-state index in [-0.39, 0.29) is 23.7 Å². The molecule has 27 heavy (non-hydrogen) atoms. The molecule has 9 heteroatoms. The van der Waals surface area contributed by atoms with Crippen LogP contribution in [0.4, 0.5) is 17.1 Å². The van der Waals surface area contributed by atoms with Crippen LogP contribution in [0.5, 0.6) is 0 Å². The topological polar surface area (TPSA) is 104 Å². The van der Waals surface area contributed by atoms with Gasteiger partial charge in [-0.15, -0.1) is 0 Å². The molecule has 1 heterocycles. The van der Waals surface area contributed by atoms with Gasteiger partial charge in [0.15, 0.2) is 0 Å². The Balaban J connectivity index is 2.03. The predicted octanol–water partition coefficient (Wildman–Crippen LogP) is 2.38. The Kier molecular flexibility index (Phi) is 5.33. The molecule has 1 fully saturated rings. The van der Waals surface area contributed by atoms with Crippen LogP contribution < -0.4 is 9.21 Å². The minimum atomic E-state index is -3.95. The number of nitro benzene ring substituents is 1. The van der Waals surface area contributed by atoms with E-state index >= 15 is 0 Å². The molecule has 0 spiro atoms. The number of β-amino-alcohol motifs (C(OH)–C–C–N with tert-alkyl or cyclic N) is 1. The number of aliphatic hydroxyl groups is 1. The molecule has 8 nitrogen and oxygen atoms in total. The first-order chi connectivity index (χ1) is 12.8. The van der Waals surface area contributed by atoms with Gasteiger partial charge in [0.1, 0.15) is 5.69 Å². The van der Waals surface area contributed by atoms with Crippen molar-refractivity contribution in [1.82, 2.24) is 0 Å². The second kappa shape index (κ2) is 7.53. The van der Waals surface area contributed by atoms with E-state index < -0.39 is 21.1 Å². The molecule has 144 valence electrons. The summed E-state index contributed by atoms with van der Waals surface area (Å²) in [5, 5.41) is 21.2. The van der Waals surface area contributed by atoms with Crippen molar-refractivity contribution in [2.45, 2.75) is 24.3 Å². The third-order valence-electron chi connectivity index (χ3n) is 4.57. The quantitative estimate of drug-likeness (QED) is 0.599. The lowest BCUT2D eigenvalue weighted by Crippen LogP contribution is -2.31. The number of benzene rings is 2. The number of para-hydroxylation sites is 1. The molecule has 2 aromatic carbocycles. The lowest BCUT2D eigenvalue weighted by Gasteiger charge is -2.23. The molecular weight excluding hydrogens is 370 g/mol. The lowest BCUT2D eigenvalue weighted by atomic mass is 10.2. The fraction of sp³-hybridized carbons (Fsp3) is 0.333. The Labute approximate surface area is 157 Å². The number of nitrogens with zero attached hydrogens (tertiary/aromatic N) is 3. The molecule has 0 aromatic heterocycles. The van der Waals surface area contributed by atoms with Gasteiger partial charge in [0.2, 0.25) is 0 Å². The maximum absolute atomic E-state index is 13.1. The normalized spacial score (nSPS) is 17.1. The van der Waals surface area contributed by atoms with Gasteiger partial charge in [0.05, 0.1) is 21.6 Å². The zero-order chi connectivity index (χ0) is 19.6. The van der Waals surface area contributed by atoms with Gasteiger partial charge in [-0.25, -0.2) is 8.42 Å². The SMILES string of the molecule is CCN(c1ccccc1)S(=O)(=O)c1ccc(N2CC[C@H](O)C2)c([N+](=O)[O-])c1. The van der Waals surface area contributed by atoms with Crippen molar-refractivity contribution in [3.05, 3.63) is 58.6 Å². The van der Waals surface area contributed by atoms with Crippen molar-refractivity contribution in [2.75, 3.05) is 28.8 Å². The van der Waals surface area contributed by atoms with Gasteiger partial charge < -0.3 is 10.0 Å². The first-order valence-corrected chi connectivity index (χ1v) is 10.1. The fourth-order valence-corrected chi connectivity index (χ4v) is 4.75. The maximum atomic E-state index is 13.1. The summed E-state index contributed by atoms with van der Waals surface area (Å²) >= 11 is 0. The van der Waals surface area contributed by atoms with Crippen LogP contribution in [0.25, 0.3) is 0 Å². The largest absolute Gasteiger partial charge is 0.391 e. The van der Waals surface area contributed by atoms with E-state index in [1.165, 1.54) is 16.4 Å². The van der Waals surface area contributed by atoms with Crippen molar-refractivity contribution >= 4 is 27.1 Å². The number of aliphatic hydroxyl groups excluding tert-OH is 1. The Morgan fingerprint density at radius 1 is 1.26 bits per heavy atom. The molecule has 0 saturated carbocycles. The van der Waals surface area contributed by atoms with Crippen LogP contribution in [-0.2, 0) is 10.0 Å². The highest BCUT2D eigenvalue weighted by molar-refractivity contribution is 7.92. The fourth-order valence-electron chi connectivity index (χ4n) is 3.25. The molecule has 0 amide bonds. The van der Waals surface area contributed by atoms with Crippen molar-refractivity contribution in [1.29, 1.82) is 0 Å². The van der Waals surface area contributed by atoms with Crippen LogP contribution in [0.15, 0.2) is 53.4 Å². The molecule has 1 atom stereocenters. The van der Waals surface area contributed by atoms with Gasteiger partial charge in [-0.1, -0.05) is 18.2 Å². The van der Waals surface area contributed by atoms with Gasteiger partial charge in [0, 0.05) is 25.7 Å². The summed E-state index contributed by atoms with van der Waals surface area (Å²) < 4.78 is 27.4. The van der Waals surface area contributed by atoms with Crippen molar-refractivity contribution in [3.8, 4) is 0 Å². The average Bonchev–Trinajstić information content (AvgIpc) is 3.08. The standard InChI is InChI=1S/C18H21N3O5S/c1-2-20(14-6-4-3-5-7-14)27(25,26)16-8-9-17(18(12-16)21(23)24)19-11-10-15(22)13-19/h3-9,12,15,22H,2,10-11,13H2,1H3/t15-/m0/s1. The van der Waals surface area contributed by atoms with E-state index in [1.807, 2.05) is 0 Å². The Morgan fingerprint density at radius 3 is 2.52 bits per heavy atom. The van der Waals surface area contributed by atoms with Gasteiger partial charge in [0.25, 0.3) is 15.7 Å². The van der Waals surface area contributed by atoms with Crippen LogP contribution in [0, 0.1) is 10.1 Å². The van der Waals surface area contributed by atoms with E-state index in [4.69, 9.17) is 0 Å². The highest BCUT2D eigenvalue weighted by atomic mass is 32.2. The second-order valence-corrected chi connectivity index (χ2v) is 8.16. The predicted molar refractivity (Wildman–Crippen MR) is 103 cm³/mol. The minimum Gasteiger partial charge on any atom is -0.391 e. The first kappa shape index (κ1) is 19.1. The number of nitro groups is 1. The summed E-state index contributed by atoms with van der Waals surface area (Å²) in [4.78, 5) is 12.5. The summed E-state index contributed by atoms with van der Waals surface area (Å²) in [6.07, 6.45) is -0.0175. The zero-order valence-corrected chi connectivity index (χ0v) is 15.7. The third-order valence-corrected chi connectivity index (χ3v) is 6.47. The van der Waals surface area contributed by atoms with Crippen molar-refractivity contribution in [3.63, 3.8) is 0 Å². The number of sulfonamides is 1. The van der Waals surface area contributed by atoms with Crippen molar-refractivity contribution < 1.29 is 18.4 Å². The summed E-state index contributed by atoms with van der Waals surface area (Å²) in [6.45, 7) is 2.68. The highest BCUT2D eigenvalue weighted by Gasteiger charge is 2.30. The molecular formula is C18H21N3O5S. The maximum Gasteiger partial charge on any atom is 0.293 e. The first-order valence-electron chi connectivity index (χ1n) is 8.64. The third kappa shape index (κ3) is 3.74. The smallest absolute Gasteiger partial charge is 0.293 e. The van der Waals surface area contributed by atoms with Gasteiger partial charge >= 0.3 is 0 Å². The number of anilines is 2. The number of hydrogen-bond donors (Lipinski definition) is 1. The molecule has 1 aliphatic heterocycles. The Morgan fingerprint density at radius 2 is 1.96 bits per heavy atom. The summed E-state index contributed by atoms with van der Waals surface area (Å²) in [5.41, 5.74) is 0.530. The zero-order valence-electron chi connectivity index (χ0n) is 14.9. The summed E-state index contributed by atoms with van der Waals surface area (Å²) in [6, 6.07) is 12.5. The van der Waals surface area contributed by atoms with Gasteiger partial charge in [-0.3, -0.25) is 14.4 Å². The molecule has 1 aliphatic rings.